The highest BCUT2D eigenvalue weighted by Gasteiger charge is 2.22. The molecule has 2 aromatic rings. The zero-order chi connectivity index (χ0) is 16.8. The van der Waals surface area contributed by atoms with Gasteiger partial charge in [0.25, 0.3) is 0 Å². The van der Waals surface area contributed by atoms with Gasteiger partial charge in [-0.25, -0.2) is 4.85 Å². The van der Waals surface area contributed by atoms with Crippen molar-refractivity contribution in [1.82, 2.24) is 9.88 Å². The van der Waals surface area contributed by atoms with Gasteiger partial charge in [0.2, 0.25) is 5.69 Å². The number of hydrogen-bond donors (Lipinski definition) is 0. The lowest BCUT2D eigenvalue weighted by Gasteiger charge is -2.37. The van der Waals surface area contributed by atoms with Gasteiger partial charge in [0.15, 0.2) is 0 Å². The molecule has 120 valence electrons. The van der Waals surface area contributed by atoms with E-state index in [2.05, 4.69) is 38.4 Å². The van der Waals surface area contributed by atoms with Crippen LogP contribution in [0.25, 0.3) is 4.85 Å². The maximum atomic E-state index is 7.28. The van der Waals surface area contributed by atoms with Gasteiger partial charge in [0, 0.05) is 37.9 Å². The number of hydrogen-bond acceptors (Lipinski definition) is 3. The number of aromatic nitrogens is 1. The lowest BCUT2D eigenvalue weighted by atomic mass is 10.2. The highest BCUT2D eigenvalue weighted by Crippen LogP contribution is 2.26. The fourth-order valence-corrected chi connectivity index (χ4v) is 2.84. The summed E-state index contributed by atoms with van der Waals surface area (Å²) in [5.41, 5.74) is 1.68. The third kappa shape index (κ3) is 3.74. The SMILES string of the molecule is [C-]#[N+]c1cccnc1N1CCN(C(C)C#Cc2ccccc2)CC1. The van der Waals surface area contributed by atoms with Crippen LogP contribution in [0.2, 0.25) is 0 Å². The van der Waals surface area contributed by atoms with Crippen molar-refractivity contribution >= 4 is 11.5 Å². The Bertz CT molecular complexity index is 775. The fourth-order valence-electron chi connectivity index (χ4n) is 2.84. The zero-order valence-electron chi connectivity index (χ0n) is 13.8. The molecule has 0 radical (unpaired) electrons. The monoisotopic (exact) mass is 316 g/mol. The summed E-state index contributed by atoms with van der Waals surface area (Å²) < 4.78 is 0. The van der Waals surface area contributed by atoms with Crippen LogP contribution in [0.15, 0.2) is 48.7 Å². The Labute approximate surface area is 143 Å². The Kier molecular flexibility index (Phi) is 5.11. The molecule has 0 spiro atoms. The average Bonchev–Trinajstić information content (AvgIpc) is 2.67. The van der Waals surface area contributed by atoms with Gasteiger partial charge in [-0.3, -0.25) is 9.88 Å². The number of pyridine rings is 1. The fraction of sp³-hybridized carbons (Fsp3) is 0.300. The van der Waals surface area contributed by atoms with E-state index < -0.39 is 0 Å². The van der Waals surface area contributed by atoms with E-state index in [-0.39, 0.29) is 6.04 Å². The standard InChI is InChI=1S/C20H20N4/c1-17(10-11-18-7-4-3-5-8-18)23-13-15-24(16-14-23)20-19(21-2)9-6-12-22-20/h3-9,12,17H,13-16H2,1H3. The molecule has 1 aromatic carbocycles. The Hall–Kier alpha value is -2.82. The summed E-state index contributed by atoms with van der Waals surface area (Å²) in [7, 11) is 0. The Morgan fingerprint density at radius 3 is 2.54 bits per heavy atom. The predicted octanol–water partition coefficient (Wildman–Crippen LogP) is 3.19. The molecule has 0 bridgehead atoms. The molecule has 4 heteroatoms. The van der Waals surface area contributed by atoms with Crippen LogP contribution < -0.4 is 4.90 Å². The van der Waals surface area contributed by atoms with E-state index >= 15 is 0 Å². The van der Waals surface area contributed by atoms with Crippen molar-refractivity contribution < 1.29 is 0 Å². The van der Waals surface area contributed by atoms with Gasteiger partial charge in [0.1, 0.15) is 5.82 Å². The largest absolute Gasteiger partial charge is 0.363 e. The summed E-state index contributed by atoms with van der Waals surface area (Å²) in [6, 6.07) is 13.9. The molecule has 0 N–H and O–H groups in total. The van der Waals surface area contributed by atoms with E-state index in [4.69, 9.17) is 6.57 Å². The maximum absolute atomic E-state index is 7.28. The topological polar surface area (TPSA) is 23.7 Å². The second-order valence-corrected chi connectivity index (χ2v) is 5.79. The summed E-state index contributed by atoms with van der Waals surface area (Å²) in [5, 5.41) is 0. The van der Waals surface area contributed by atoms with Crippen molar-refractivity contribution in [2.24, 2.45) is 0 Å². The summed E-state index contributed by atoms with van der Waals surface area (Å²) in [5.74, 6) is 7.39. The molecule has 1 atom stereocenters. The highest BCUT2D eigenvalue weighted by atomic mass is 15.3. The molecule has 2 heterocycles. The van der Waals surface area contributed by atoms with E-state index in [1.807, 2.05) is 42.5 Å². The van der Waals surface area contributed by atoms with Crippen LogP contribution in [-0.2, 0) is 0 Å². The van der Waals surface area contributed by atoms with Crippen LogP contribution >= 0.6 is 0 Å². The van der Waals surface area contributed by atoms with E-state index in [0.29, 0.717) is 5.69 Å². The first-order valence-electron chi connectivity index (χ1n) is 8.16. The molecule has 1 fully saturated rings. The van der Waals surface area contributed by atoms with Crippen molar-refractivity contribution in [2.45, 2.75) is 13.0 Å². The molecule has 4 nitrogen and oxygen atoms in total. The molecular formula is C20H20N4. The van der Waals surface area contributed by atoms with Gasteiger partial charge >= 0.3 is 0 Å². The minimum absolute atomic E-state index is 0.219. The molecular weight excluding hydrogens is 296 g/mol. The average molecular weight is 316 g/mol. The van der Waals surface area contributed by atoms with Crippen LogP contribution in [0, 0.1) is 18.4 Å². The first kappa shape index (κ1) is 16.1. The lowest BCUT2D eigenvalue weighted by molar-refractivity contribution is 0.233. The van der Waals surface area contributed by atoms with E-state index in [0.717, 1.165) is 37.6 Å². The number of piperazine rings is 1. The van der Waals surface area contributed by atoms with Crippen LogP contribution in [0.3, 0.4) is 0 Å². The van der Waals surface area contributed by atoms with E-state index in [9.17, 15) is 0 Å². The van der Waals surface area contributed by atoms with Gasteiger partial charge in [-0.15, -0.1) is 0 Å². The maximum Gasteiger partial charge on any atom is 0.228 e. The second-order valence-electron chi connectivity index (χ2n) is 5.79. The summed E-state index contributed by atoms with van der Waals surface area (Å²) in [6.07, 6.45) is 1.75. The van der Waals surface area contributed by atoms with Crippen LogP contribution in [0.4, 0.5) is 11.5 Å². The van der Waals surface area contributed by atoms with Gasteiger partial charge in [-0.2, -0.15) is 0 Å². The first-order valence-corrected chi connectivity index (χ1v) is 8.16. The van der Waals surface area contributed by atoms with Crippen molar-refractivity contribution in [1.29, 1.82) is 0 Å². The third-order valence-electron chi connectivity index (χ3n) is 4.25. The Morgan fingerprint density at radius 2 is 1.83 bits per heavy atom. The van der Waals surface area contributed by atoms with Gasteiger partial charge in [0.05, 0.1) is 12.6 Å². The molecule has 1 aromatic heterocycles. The van der Waals surface area contributed by atoms with Crippen molar-refractivity contribution in [3.05, 3.63) is 65.6 Å². The molecule has 1 aliphatic rings. The van der Waals surface area contributed by atoms with Crippen LogP contribution in [-0.4, -0.2) is 42.1 Å². The minimum Gasteiger partial charge on any atom is -0.363 e. The zero-order valence-corrected chi connectivity index (χ0v) is 13.8. The molecule has 1 unspecified atom stereocenters. The van der Waals surface area contributed by atoms with Crippen molar-refractivity contribution in [2.75, 3.05) is 31.1 Å². The normalized spacial score (nSPS) is 15.9. The number of rotatable bonds is 2. The summed E-state index contributed by atoms with van der Waals surface area (Å²) >= 11 is 0. The van der Waals surface area contributed by atoms with E-state index in [1.54, 1.807) is 6.20 Å². The van der Waals surface area contributed by atoms with Crippen LogP contribution in [0.1, 0.15) is 12.5 Å². The number of benzene rings is 1. The predicted molar refractivity (Wildman–Crippen MR) is 97.1 cm³/mol. The Balaban J connectivity index is 1.61. The molecule has 0 amide bonds. The third-order valence-corrected chi connectivity index (χ3v) is 4.25. The summed E-state index contributed by atoms with van der Waals surface area (Å²) in [6.45, 7) is 13.0. The molecule has 1 aliphatic heterocycles. The number of anilines is 1. The molecule has 1 saturated heterocycles. The molecule has 3 rings (SSSR count). The van der Waals surface area contributed by atoms with E-state index in [1.165, 1.54) is 0 Å². The van der Waals surface area contributed by atoms with Crippen molar-refractivity contribution in [3.8, 4) is 11.8 Å². The minimum atomic E-state index is 0.219. The number of nitrogens with zero attached hydrogens (tertiary/aromatic N) is 4. The van der Waals surface area contributed by atoms with Crippen molar-refractivity contribution in [3.63, 3.8) is 0 Å². The first-order chi connectivity index (χ1) is 11.8. The summed E-state index contributed by atoms with van der Waals surface area (Å²) in [4.78, 5) is 12.5. The van der Waals surface area contributed by atoms with Gasteiger partial charge < -0.3 is 4.90 Å². The molecule has 0 aliphatic carbocycles. The highest BCUT2D eigenvalue weighted by molar-refractivity contribution is 5.66. The lowest BCUT2D eigenvalue weighted by Crippen LogP contribution is -2.49. The second kappa shape index (κ2) is 7.64. The quantitative estimate of drug-likeness (QED) is 0.628. The molecule has 0 saturated carbocycles. The van der Waals surface area contributed by atoms with Gasteiger partial charge in [-0.1, -0.05) is 42.2 Å². The molecule has 24 heavy (non-hydrogen) atoms. The smallest absolute Gasteiger partial charge is 0.228 e. The van der Waals surface area contributed by atoms with Gasteiger partial charge in [-0.05, 0) is 19.1 Å². The van der Waals surface area contributed by atoms with Crippen LogP contribution in [0.5, 0.6) is 0 Å². The Morgan fingerprint density at radius 1 is 1.08 bits per heavy atom.